The lowest BCUT2D eigenvalue weighted by Gasteiger charge is -2.37. The van der Waals surface area contributed by atoms with Crippen LogP contribution in [-0.2, 0) is 10.0 Å². The highest BCUT2D eigenvalue weighted by atomic mass is 32.2. The van der Waals surface area contributed by atoms with Gasteiger partial charge >= 0.3 is 0 Å². The molecule has 2 aliphatic rings. The zero-order valence-electron chi connectivity index (χ0n) is 16.9. The summed E-state index contributed by atoms with van der Waals surface area (Å²) in [4.78, 5) is 4.68. The second-order valence-corrected chi connectivity index (χ2v) is 8.93. The van der Waals surface area contributed by atoms with Crippen molar-refractivity contribution >= 4 is 26.5 Å². The van der Waals surface area contributed by atoms with Gasteiger partial charge in [0, 0.05) is 43.5 Å². The highest BCUT2D eigenvalue weighted by Crippen LogP contribution is 2.34. The lowest BCUT2D eigenvalue weighted by molar-refractivity contribution is 0.385. The van der Waals surface area contributed by atoms with Crippen molar-refractivity contribution in [1.82, 2.24) is 4.90 Å². The maximum atomic E-state index is 12.8. The third kappa shape index (κ3) is 3.74. The van der Waals surface area contributed by atoms with E-state index in [1.807, 2.05) is 56.3 Å². The molecule has 0 saturated carbocycles. The summed E-state index contributed by atoms with van der Waals surface area (Å²) in [5.74, 6) is 1.41. The van der Waals surface area contributed by atoms with Crippen molar-refractivity contribution in [1.29, 1.82) is 0 Å². The van der Waals surface area contributed by atoms with Crippen molar-refractivity contribution < 1.29 is 13.2 Å². The molecule has 2 aliphatic heterocycles. The van der Waals surface area contributed by atoms with Gasteiger partial charge in [0.25, 0.3) is 10.0 Å². The summed E-state index contributed by atoms with van der Waals surface area (Å²) in [6.07, 6.45) is 0. The first kappa shape index (κ1) is 19.5. The number of hydrogen-bond acceptors (Lipinski definition) is 5. The van der Waals surface area contributed by atoms with Crippen LogP contribution in [0.2, 0.25) is 0 Å². The Morgan fingerprint density at radius 1 is 0.931 bits per heavy atom. The van der Waals surface area contributed by atoms with Gasteiger partial charge in [-0.15, -0.1) is 4.40 Å². The van der Waals surface area contributed by atoms with E-state index in [1.54, 1.807) is 7.11 Å². The fraction of sp³-hybridized carbons (Fsp3) is 0.318. The number of methoxy groups -OCH3 is 1. The number of rotatable bonds is 3. The summed E-state index contributed by atoms with van der Waals surface area (Å²) in [6.45, 7) is 6.85. The molecule has 0 aliphatic carbocycles. The van der Waals surface area contributed by atoms with E-state index in [0.29, 0.717) is 29.4 Å². The summed E-state index contributed by atoms with van der Waals surface area (Å²) >= 11 is 0. The number of piperazine rings is 1. The molecule has 0 radical (unpaired) electrons. The van der Waals surface area contributed by atoms with Crippen LogP contribution in [0.15, 0.2) is 58.5 Å². The van der Waals surface area contributed by atoms with Gasteiger partial charge in [-0.25, -0.2) is 0 Å². The maximum Gasteiger partial charge on any atom is 0.285 e. The van der Waals surface area contributed by atoms with Crippen LogP contribution in [-0.4, -0.2) is 52.4 Å². The molecule has 152 valence electrons. The van der Waals surface area contributed by atoms with Crippen LogP contribution in [0.3, 0.4) is 0 Å². The third-order valence-corrected chi connectivity index (χ3v) is 6.92. The number of nitrogens with zero attached hydrogens (tertiary/aromatic N) is 3. The Morgan fingerprint density at radius 2 is 1.59 bits per heavy atom. The Hall–Kier alpha value is -2.80. The van der Waals surface area contributed by atoms with Crippen molar-refractivity contribution in [2.75, 3.05) is 38.2 Å². The molecule has 0 bridgehead atoms. The molecule has 2 heterocycles. The van der Waals surface area contributed by atoms with Gasteiger partial charge in [-0.05, 0) is 31.5 Å². The Labute approximate surface area is 172 Å². The average molecular weight is 412 g/mol. The third-order valence-electron chi connectivity index (χ3n) is 5.45. The Bertz CT molecular complexity index is 1080. The van der Waals surface area contributed by atoms with Crippen molar-refractivity contribution in [3.63, 3.8) is 0 Å². The zero-order chi connectivity index (χ0) is 20.6. The second-order valence-electron chi connectivity index (χ2n) is 7.39. The fourth-order valence-electron chi connectivity index (χ4n) is 3.87. The average Bonchev–Trinajstić information content (AvgIpc) is 2.98. The maximum absolute atomic E-state index is 12.8. The molecule has 1 saturated heterocycles. The summed E-state index contributed by atoms with van der Waals surface area (Å²) in [6, 6.07) is 15.6. The smallest absolute Gasteiger partial charge is 0.285 e. The number of ether oxygens (including phenoxy) is 1. The molecule has 0 atom stereocenters. The SMILES string of the molecule is COc1cccc(N2CCN(C3=NS(=O)(=O)C(c4ccc(C)cc4)=C3C)CC2)c1. The normalized spacial score (nSPS) is 18.8. The first-order valence-electron chi connectivity index (χ1n) is 9.66. The van der Waals surface area contributed by atoms with Gasteiger partial charge in [0.2, 0.25) is 0 Å². The number of anilines is 1. The van der Waals surface area contributed by atoms with Gasteiger partial charge in [0.05, 0.1) is 7.11 Å². The Balaban J connectivity index is 1.54. The van der Waals surface area contributed by atoms with Gasteiger partial charge in [0.15, 0.2) is 0 Å². The van der Waals surface area contributed by atoms with Crippen LogP contribution in [0, 0.1) is 6.92 Å². The van der Waals surface area contributed by atoms with Crippen molar-refractivity contribution in [3.8, 4) is 5.75 Å². The fourth-order valence-corrected chi connectivity index (χ4v) is 5.36. The molecule has 7 heteroatoms. The van der Waals surface area contributed by atoms with E-state index in [9.17, 15) is 8.42 Å². The molecule has 6 nitrogen and oxygen atoms in total. The molecule has 2 aromatic rings. The van der Waals surface area contributed by atoms with Crippen LogP contribution >= 0.6 is 0 Å². The van der Waals surface area contributed by atoms with Gasteiger partial charge < -0.3 is 14.5 Å². The largest absolute Gasteiger partial charge is 0.497 e. The number of hydrogen-bond donors (Lipinski definition) is 0. The number of aryl methyl sites for hydroxylation is 1. The Kier molecular flexibility index (Phi) is 5.08. The van der Waals surface area contributed by atoms with Crippen LogP contribution in [0.1, 0.15) is 18.1 Å². The molecular weight excluding hydrogens is 386 g/mol. The Morgan fingerprint density at radius 3 is 2.24 bits per heavy atom. The van der Waals surface area contributed by atoms with E-state index in [2.05, 4.69) is 20.3 Å². The molecule has 2 aromatic carbocycles. The minimum Gasteiger partial charge on any atom is -0.497 e. The molecule has 0 N–H and O–H groups in total. The zero-order valence-corrected chi connectivity index (χ0v) is 17.7. The van der Waals surface area contributed by atoms with Crippen molar-refractivity contribution in [2.45, 2.75) is 13.8 Å². The van der Waals surface area contributed by atoms with Crippen molar-refractivity contribution in [3.05, 3.63) is 65.2 Å². The predicted molar refractivity (Wildman–Crippen MR) is 117 cm³/mol. The molecule has 0 amide bonds. The standard InChI is InChI=1S/C22H25N3O3S/c1-16-7-9-18(10-8-16)21-17(2)22(23-29(21,26)27)25-13-11-24(12-14-25)19-5-4-6-20(15-19)28-3/h4-10,15H,11-14H2,1-3H3. The van der Waals surface area contributed by atoms with Crippen LogP contribution < -0.4 is 9.64 Å². The summed E-state index contributed by atoms with van der Waals surface area (Å²) in [7, 11) is -2.02. The number of benzene rings is 2. The van der Waals surface area contributed by atoms with Gasteiger partial charge in [-0.3, -0.25) is 0 Å². The summed E-state index contributed by atoms with van der Waals surface area (Å²) in [5, 5.41) is 0. The monoisotopic (exact) mass is 411 g/mol. The molecule has 0 unspecified atom stereocenters. The van der Waals surface area contributed by atoms with E-state index >= 15 is 0 Å². The van der Waals surface area contributed by atoms with Crippen molar-refractivity contribution in [2.24, 2.45) is 4.40 Å². The first-order valence-corrected chi connectivity index (χ1v) is 11.1. The highest BCUT2D eigenvalue weighted by molar-refractivity contribution is 8.00. The summed E-state index contributed by atoms with van der Waals surface area (Å²) < 4.78 is 35.0. The highest BCUT2D eigenvalue weighted by Gasteiger charge is 2.34. The molecule has 1 fully saturated rings. The number of sulfonamides is 1. The van der Waals surface area contributed by atoms with E-state index in [-0.39, 0.29) is 0 Å². The quantitative estimate of drug-likeness (QED) is 0.776. The second kappa shape index (κ2) is 7.55. The molecule has 0 spiro atoms. The minimum atomic E-state index is -3.68. The topological polar surface area (TPSA) is 62.2 Å². The molecular formula is C22H25N3O3S. The molecule has 0 aromatic heterocycles. The van der Waals surface area contributed by atoms with E-state index in [4.69, 9.17) is 4.74 Å². The van der Waals surface area contributed by atoms with E-state index in [1.165, 1.54) is 0 Å². The van der Waals surface area contributed by atoms with Gasteiger partial charge in [0.1, 0.15) is 16.5 Å². The van der Waals surface area contributed by atoms with Crippen LogP contribution in [0.5, 0.6) is 5.75 Å². The van der Waals surface area contributed by atoms with E-state index < -0.39 is 10.0 Å². The van der Waals surface area contributed by atoms with E-state index in [0.717, 1.165) is 35.7 Å². The van der Waals surface area contributed by atoms with Gasteiger partial charge in [-0.2, -0.15) is 8.42 Å². The number of amidine groups is 1. The molecule has 29 heavy (non-hydrogen) atoms. The van der Waals surface area contributed by atoms with Crippen LogP contribution in [0.25, 0.3) is 4.91 Å². The summed E-state index contributed by atoms with van der Waals surface area (Å²) in [5.41, 5.74) is 3.63. The lowest BCUT2D eigenvalue weighted by atomic mass is 10.1. The van der Waals surface area contributed by atoms with Crippen LogP contribution in [0.4, 0.5) is 5.69 Å². The predicted octanol–water partition coefficient (Wildman–Crippen LogP) is 3.30. The molecule has 4 rings (SSSR count). The minimum absolute atomic E-state index is 0.322. The lowest BCUT2D eigenvalue weighted by Crippen LogP contribution is -2.48. The van der Waals surface area contributed by atoms with Gasteiger partial charge in [-0.1, -0.05) is 35.9 Å². The first-order chi connectivity index (χ1) is 13.9.